The van der Waals surface area contributed by atoms with Crippen molar-refractivity contribution in [3.05, 3.63) is 113 Å². The monoisotopic (exact) mass is 744 g/mol. The Balaban J connectivity index is 1.12. The summed E-state index contributed by atoms with van der Waals surface area (Å²) in [6.45, 7) is 2.25. The van der Waals surface area contributed by atoms with Gasteiger partial charge in [-0.25, -0.2) is 26.3 Å². The minimum absolute atomic E-state index is 0.118. The van der Waals surface area contributed by atoms with E-state index in [1.165, 1.54) is 108 Å². The molecule has 9 heteroatoms. The second kappa shape index (κ2) is 18.9. The van der Waals surface area contributed by atoms with E-state index in [1.807, 2.05) is 12.1 Å². The maximum absolute atomic E-state index is 15.3. The fourth-order valence-corrected chi connectivity index (χ4v) is 7.56. The Labute approximate surface area is 307 Å². The van der Waals surface area contributed by atoms with E-state index in [2.05, 4.69) is 23.8 Å². The summed E-state index contributed by atoms with van der Waals surface area (Å²) < 4.78 is 119. The SMILES string of the molecule is CCCCCCCCCCCCCC1CCC(c2ccc(-c3ccc(-c4cc(F)c(C(F)(F)Oc5cc(F)c(F)c(F)c5)c(F)c4)c(F)c3)cc2)CC1. The Morgan fingerprint density at radius 2 is 1.06 bits per heavy atom. The van der Waals surface area contributed by atoms with E-state index < -0.39 is 52.3 Å². The van der Waals surface area contributed by atoms with Crippen molar-refractivity contribution in [1.29, 1.82) is 0 Å². The Morgan fingerprint density at radius 1 is 0.547 bits per heavy atom. The molecule has 5 rings (SSSR count). The van der Waals surface area contributed by atoms with Crippen molar-refractivity contribution < 1.29 is 39.9 Å². The highest BCUT2D eigenvalue weighted by molar-refractivity contribution is 5.71. The number of unbranched alkanes of at least 4 members (excludes halogenated alkanes) is 10. The molecule has 0 amide bonds. The number of halogens is 8. The van der Waals surface area contributed by atoms with E-state index in [0.29, 0.717) is 23.6 Å². The Kier molecular flexibility index (Phi) is 14.4. The molecule has 286 valence electrons. The molecule has 4 aromatic rings. The van der Waals surface area contributed by atoms with Crippen LogP contribution in [0.2, 0.25) is 0 Å². The highest BCUT2D eigenvalue weighted by atomic mass is 19.3. The maximum Gasteiger partial charge on any atom is 0.432 e. The molecule has 4 aromatic carbocycles. The van der Waals surface area contributed by atoms with Gasteiger partial charge in [0.1, 0.15) is 28.8 Å². The fraction of sp³-hybridized carbons (Fsp3) is 0.455. The Morgan fingerprint density at radius 3 is 1.60 bits per heavy atom. The standard InChI is InChI=1S/C44H48F8O/c1-2-3-4-5-6-7-8-9-10-11-12-13-29-14-16-30(17-15-29)31-18-20-32(21-19-31)33-22-23-36(37(45)24-33)34-25-38(46)42(39(47)26-34)44(51,52)53-35-27-40(48)43(50)41(49)28-35/h18-30H,2-17H2,1H3. The zero-order valence-electron chi connectivity index (χ0n) is 30.3. The molecule has 1 aliphatic carbocycles. The lowest BCUT2D eigenvalue weighted by Gasteiger charge is -2.29. The van der Waals surface area contributed by atoms with E-state index >= 15 is 4.39 Å². The summed E-state index contributed by atoms with van der Waals surface area (Å²) in [5, 5.41) is 0. The number of hydrogen-bond acceptors (Lipinski definition) is 1. The lowest BCUT2D eigenvalue weighted by molar-refractivity contribution is -0.189. The number of ether oxygens (including phenoxy) is 1. The molecular formula is C44H48F8O. The Bertz CT molecular complexity index is 1730. The van der Waals surface area contributed by atoms with Crippen molar-refractivity contribution in [2.75, 3.05) is 0 Å². The first-order chi connectivity index (χ1) is 25.5. The van der Waals surface area contributed by atoms with Gasteiger partial charge in [0.2, 0.25) is 0 Å². The predicted octanol–water partition coefficient (Wildman–Crippen LogP) is 15.0. The third-order valence-corrected chi connectivity index (χ3v) is 10.6. The van der Waals surface area contributed by atoms with Crippen LogP contribution in [0.1, 0.15) is 127 Å². The molecule has 1 fully saturated rings. The molecule has 53 heavy (non-hydrogen) atoms. The van der Waals surface area contributed by atoms with E-state index in [1.54, 1.807) is 6.07 Å². The number of benzene rings is 4. The Hall–Kier alpha value is -3.88. The number of rotatable bonds is 18. The van der Waals surface area contributed by atoms with Crippen molar-refractivity contribution in [2.24, 2.45) is 5.92 Å². The molecule has 1 nitrogen and oxygen atoms in total. The first-order valence-electron chi connectivity index (χ1n) is 19.1. The minimum atomic E-state index is -4.75. The van der Waals surface area contributed by atoms with Crippen LogP contribution in [0.15, 0.2) is 66.7 Å². The quantitative estimate of drug-likeness (QED) is 0.0560. The van der Waals surface area contributed by atoms with Gasteiger partial charge >= 0.3 is 6.11 Å². The highest BCUT2D eigenvalue weighted by Crippen LogP contribution is 2.40. The van der Waals surface area contributed by atoms with Gasteiger partial charge in [-0.05, 0) is 78.0 Å². The topological polar surface area (TPSA) is 9.23 Å². The van der Waals surface area contributed by atoms with Gasteiger partial charge in [0.25, 0.3) is 0 Å². The molecule has 1 aliphatic rings. The summed E-state index contributed by atoms with van der Waals surface area (Å²) in [5.74, 6) is -9.88. The summed E-state index contributed by atoms with van der Waals surface area (Å²) in [7, 11) is 0. The average molecular weight is 745 g/mol. The van der Waals surface area contributed by atoms with Gasteiger partial charge in [-0.3, -0.25) is 0 Å². The van der Waals surface area contributed by atoms with Crippen LogP contribution in [0, 0.1) is 40.8 Å². The number of alkyl halides is 2. The molecule has 0 saturated heterocycles. The average Bonchev–Trinajstić information content (AvgIpc) is 3.12. The molecule has 0 heterocycles. The molecule has 0 N–H and O–H groups in total. The molecule has 0 radical (unpaired) electrons. The predicted molar refractivity (Wildman–Crippen MR) is 194 cm³/mol. The third kappa shape index (κ3) is 10.9. The lowest BCUT2D eigenvalue weighted by atomic mass is 9.77. The third-order valence-electron chi connectivity index (χ3n) is 10.6. The molecule has 0 spiro atoms. The first kappa shape index (κ1) is 40.3. The van der Waals surface area contributed by atoms with Crippen molar-refractivity contribution >= 4 is 0 Å². The summed E-state index contributed by atoms with van der Waals surface area (Å²) >= 11 is 0. The molecule has 0 atom stereocenters. The van der Waals surface area contributed by atoms with E-state index in [9.17, 15) is 30.7 Å². The van der Waals surface area contributed by atoms with Gasteiger partial charge in [0, 0.05) is 17.7 Å². The van der Waals surface area contributed by atoms with E-state index in [0.717, 1.165) is 24.3 Å². The van der Waals surface area contributed by atoms with Gasteiger partial charge in [0.15, 0.2) is 17.5 Å². The van der Waals surface area contributed by atoms with Gasteiger partial charge < -0.3 is 4.74 Å². The first-order valence-corrected chi connectivity index (χ1v) is 19.1. The molecule has 0 aliphatic heterocycles. The van der Waals surface area contributed by atoms with Crippen LogP contribution in [-0.2, 0) is 6.11 Å². The van der Waals surface area contributed by atoms with Crippen molar-refractivity contribution in [1.82, 2.24) is 0 Å². The van der Waals surface area contributed by atoms with Crippen LogP contribution in [0.5, 0.6) is 5.75 Å². The zero-order chi connectivity index (χ0) is 38.0. The van der Waals surface area contributed by atoms with Gasteiger partial charge in [0.05, 0.1) is 0 Å². The lowest BCUT2D eigenvalue weighted by Crippen LogP contribution is -2.25. The minimum Gasteiger partial charge on any atom is -0.429 e. The molecule has 1 saturated carbocycles. The zero-order valence-corrected chi connectivity index (χ0v) is 30.3. The van der Waals surface area contributed by atoms with Crippen molar-refractivity contribution in [2.45, 2.75) is 122 Å². The fourth-order valence-electron chi connectivity index (χ4n) is 7.56. The summed E-state index contributed by atoms with van der Waals surface area (Å²) in [5.41, 5.74) is 0.0950. The number of hydrogen-bond donors (Lipinski definition) is 0. The van der Waals surface area contributed by atoms with Crippen LogP contribution >= 0.6 is 0 Å². The molecular weight excluding hydrogens is 696 g/mol. The highest BCUT2D eigenvalue weighted by Gasteiger charge is 2.41. The normalized spacial score (nSPS) is 16.2. The van der Waals surface area contributed by atoms with Crippen molar-refractivity contribution in [3.8, 4) is 28.0 Å². The van der Waals surface area contributed by atoms with Crippen LogP contribution in [0.25, 0.3) is 22.3 Å². The second-order valence-corrected chi connectivity index (χ2v) is 14.5. The van der Waals surface area contributed by atoms with E-state index in [4.69, 9.17) is 0 Å². The van der Waals surface area contributed by atoms with Crippen LogP contribution in [0.3, 0.4) is 0 Å². The van der Waals surface area contributed by atoms with E-state index in [-0.39, 0.29) is 23.3 Å². The van der Waals surface area contributed by atoms with Crippen LogP contribution in [0.4, 0.5) is 35.1 Å². The molecule has 0 aromatic heterocycles. The largest absolute Gasteiger partial charge is 0.432 e. The van der Waals surface area contributed by atoms with Gasteiger partial charge in [-0.1, -0.05) is 120 Å². The van der Waals surface area contributed by atoms with Crippen molar-refractivity contribution in [3.63, 3.8) is 0 Å². The van der Waals surface area contributed by atoms with Gasteiger partial charge in [-0.2, -0.15) is 8.78 Å². The van der Waals surface area contributed by atoms with Crippen LogP contribution in [-0.4, -0.2) is 0 Å². The molecule has 0 bridgehead atoms. The van der Waals surface area contributed by atoms with Crippen LogP contribution < -0.4 is 4.74 Å². The summed E-state index contributed by atoms with van der Waals surface area (Å²) in [6, 6.07) is 13.3. The maximum atomic E-state index is 15.3. The summed E-state index contributed by atoms with van der Waals surface area (Å²) in [4.78, 5) is 0. The van der Waals surface area contributed by atoms with Gasteiger partial charge in [-0.15, -0.1) is 0 Å². The second-order valence-electron chi connectivity index (χ2n) is 14.5. The molecule has 0 unspecified atom stereocenters. The summed E-state index contributed by atoms with van der Waals surface area (Å²) in [6.07, 6.45) is 16.3. The smallest absolute Gasteiger partial charge is 0.429 e.